The lowest BCUT2D eigenvalue weighted by atomic mass is 10.3. The molecule has 2 aromatic rings. The van der Waals surface area contributed by atoms with Gasteiger partial charge in [-0.25, -0.2) is 8.78 Å². The molecule has 1 N–H and O–H groups in total. The number of benzene rings is 1. The normalized spacial score (nSPS) is 10.5. The molecule has 0 aliphatic heterocycles. The van der Waals surface area contributed by atoms with Gasteiger partial charge in [0.25, 0.3) is 0 Å². The molecule has 1 heterocycles. The first-order valence-electron chi connectivity index (χ1n) is 5.35. The second-order valence-corrected chi connectivity index (χ2v) is 4.75. The standard InChI is InChI=1S/C12H10F2N2O2S/c1-7-4-11(16-18-7)15-12(17)6-19-10-5-8(13)2-3-9(10)14/h2-5H,6H2,1H3,(H,15,16,17). The Hall–Kier alpha value is -1.89. The molecule has 0 saturated carbocycles. The van der Waals surface area contributed by atoms with E-state index in [0.717, 1.165) is 30.0 Å². The Morgan fingerprint density at radius 3 is 2.89 bits per heavy atom. The summed E-state index contributed by atoms with van der Waals surface area (Å²) in [7, 11) is 0. The maximum Gasteiger partial charge on any atom is 0.235 e. The molecular formula is C12H10F2N2O2S. The molecule has 4 nitrogen and oxygen atoms in total. The van der Waals surface area contributed by atoms with Gasteiger partial charge < -0.3 is 9.84 Å². The van der Waals surface area contributed by atoms with Gasteiger partial charge >= 0.3 is 0 Å². The molecule has 19 heavy (non-hydrogen) atoms. The Kier molecular flexibility index (Phi) is 4.16. The molecule has 0 saturated heterocycles. The molecule has 0 radical (unpaired) electrons. The van der Waals surface area contributed by atoms with E-state index in [1.54, 1.807) is 13.0 Å². The van der Waals surface area contributed by atoms with Crippen molar-refractivity contribution in [2.45, 2.75) is 11.8 Å². The van der Waals surface area contributed by atoms with Crippen molar-refractivity contribution in [3.05, 3.63) is 41.7 Å². The van der Waals surface area contributed by atoms with Crippen molar-refractivity contribution < 1.29 is 18.1 Å². The Balaban J connectivity index is 1.91. The van der Waals surface area contributed by atoms with Crippen LogP contribution < -0.4 is 5.32 Å². The van der Waals surface area contributed by atoms with Gasteiger partial charge in [0.2, 0.25) is 5.91 Å². The van der Waals surface area contributed by atoms with Crippen LogP contribution in [0.25, 0.3) is 0 Å². The largest absolute Gasteiger partial charge is 0.360 e. The smallest absolute Gasteiger partial charge is 0.235 e. The fourth-order valence-electron chi connectivity index (χ4n) is 1.34. The van der Waals surface area contributed by atoms with E-state index in [-0.39, 0.29) is 16.6 Å². The summed E-state index contributed by atoms with van der Waals surface area (Å²) in [4.78, 5) is 11.7. The van der Waals surface area contributed by atoms with Crippen molar-refractivity contribution in [2.75, 3.05) is 11.1 Å². The number of nitrogens with zero attached hydrogens (tertiary/aromatic N) is 1. The number of amides is 1. The number of carbonyl (C=O) groups is 1. The van der Waals surface area contributed by atoms with Gasteiger partial charge in [0.15, 0.2) is 5.82 Å². The average molecular weight is 284 g/mol. The molecular weight excluding hydrogens is 274 g/mol. The van der Waals surface area contributed by atoms with E-state index >= 15 is 0 Å². The quantitative estimate of drug-likeness (QED) is 0.877. The minimum Gasteiger partial charge on any atom is -0.360 e. The topological polar surface area (TPSA) is 55.1 Å². The van der Waals surface area contributed by atoms with Crippen LogP contribution in [0.5, 0.6) is 0 Å². The number of halogens is 2. The lowest BCUT2D eigenvalue weighted by molar-refractivity contribution is -0.113. The maximum atomic E-state index is 13.3. The number of carbonyl (C=O) groups excluding carboxylic acids is 1. The zero-order chi connectivity index (χ0) is 13.8. The summed E-state index contributed by atoms with van der Waals surface area (Å²) >= 11 is 0.910. The third kappa shape index (κ3) is 3.78. The Morgan fingerprint density at radius 2 is 2.21 bits per heavy atom. The van der Waals surface area contributed by atoms with E-state index in [2.05, 4.69) is 10.5 Å². The van der Waals surface area contributed by atoms with Crippen molar-refractivity contribution in [3.8, 4) is 0 Å². The van der Waals surface area contributed by atoms with E-state index in [1.807, 2.05) is 0 Å². The number of rotatable bonds is 4. The SMILES string of the molecule is Cc1cc(NC(=O)CSc2cc(F)ccc2F)no1. The van der Waals surface area contributed by atoms with Crippen LogP contribution in [0.4, 0.5) is 14.6 Å². The minimum absolute atomic E-state index is 0.0493. The predicted octanol–water partition coefficient (Wildman–Crippen LogP) is 2.99. The van der Waals surface area contributed by atoms with Crippen LogP contribution in [0.3, 0.4) is 0 Å². The summed E-state index contributed by atoms with van der Waals surface area (Å²) in [5, 5.41) is 6.08. The van der Waals surface area contributed by atoms with Crippen molar-refractivity contribution in [3.63, 3.8) is 0 Å². The molecule has 2 rings (SSSR count). The zero-order valence-electron chi connectivity index (χ0n) is 9.94. The second-order valence-electron chi connectivity index (χ2n) is 3.73. The van der Waals surface area contributed by atoms with Crippen LogP contribution in [0, 0.1) is 18.6 Å². The van der Waals surface area contributed by atoms with E-state index < -0.39 is 11.6 Å². The third-order valence-electron chi connectivity index (χ3n) is 2.15. The predicted molar refractivity (Wildman–Crippen MR) is 67.0 cm³/mol. The van der Waals surface area contributed by atoms with Crippen LogP contribution in [0.1, 0.15) is 5.76 Å². The van der Waals surface area contributed by atoms with Gasteiger partial charge in [-0.2, -0.15) is 0 Å². The number of nitrogens with one attached hydrogen (secondary N) is 1. The van der Waals surface area contributed by atoms with E-state index in [1.165, 1.54) is 0 Å². The summed E-state index contributed by atoms with van der Waals surface area (Å²) in [5.74, 6) is -0.663. The summed E-state index contributed by atoms with van der Waals surface area (Å²) < 4.78 is 31.0. The van der Waals surface area contributed by atoms with E-state index in [4.69, 9.17) is 4.52 Å². The number of hydrogen-bond donors (Lipinski definition) is 1. The molecule has 0 unspecified atom stereocenters. The van der Waals surface area contributed by atoms with Gasteiger partial charge in [-0.05, 0) is 25.1 Å². The highest BCUT2D eigenvalue weighted by Gasteiger charge is 2.10. The lowest BCUT2D eigenvalue weighted by Gasteiger charge is -2.03. The van der Waals surface area contributed by atoms with Gasteiger partial charge in [0, 0.05) is 11.0 Å². The van der Waals surface area contributed by atoms with Crippen LogP contribution in [-0.2, 0) is 4.79 Å². The van der Waals surface area contributed by atoms with Crippen molar-refractivity contribution in [1.29, 1.82) is 0 Å². The zero-order valence-corrected chi connectivity index (χ0v) is 10.8. The van der Waals surface area contributed by atoms with Gasteiger partial charge in [0.05, 0.1) is 5.75 Å². The first-order valence-corrected chi connectivity index (χ1v) is 6.34. The number of anilines is 1. The van der Waals surface area contributed by atoms with Crippen LogP contribution >= 0.6 is 11.8 Å². The second kappa shape index (κ2) is 5.83. The highest BCUT2D eigenvalue weighted by Crippen LogP contribution is 2.22. The fourth-order valence-corrected chi connectivity index (χ4v) is 2.10. The summed E-state index contributed by atoms with van der Waals surface area (Å²) in [6, 6.07) is 4.66. The molecule has 7 heteroatoms. The average Bonchev–Trinajstić information content (AvgIpc) is 2.76. The van der Waals surface area contributed by atoms with E-state index in [0.29, 0.717) is 11.6 Å². The van der Waals surface area contributed by atoms with Gasteiger partial charge in [-0.3, -0.25) is 4.79 Å². The first kappa shape index (κ1) is 13.5. The summed E-state index contributed by atoms with van der Waals surface area (Å²) in [5.41, 5.74) is 0. The number of hydrogen-bond acceptors (Lipinski definition) is 4. The maximum absolute atomic E-state index is 13.3. The van der Waals surface area contributed by atoms with Crippen LogP contribution in [-0.4, -0.2) is 16.8 Å². The Bertz CT molecular complexity index is 601. The van der Waals surface area contributed by atoms with Crippen LogP contribution in [0.15, 0.2) is 33.7 Å². The summed E-state index contributed by atoms with van der Waals surface area (Å²) in [6.07, 6.45) is 0. The molecule has 0 aliphatic carbocycles. The van der Waals surface area contributed by atoms with Crippen molar-refractivity contribution in [2.24, 2.45) is 0 Å². The van der Waals surface area contributed by atoms with Gasteiger partial charge in [0.1, 0.15) is 17.4 Å². The molecule has 0 fully saturated rings. The number of thioether (sulfide) groups is 1. The minimum atomic E-state index is -0.559. The monoisotopic (exact) mass is 284 g/mol. The molecule has 1 amide bonds. The van der Waals surface area contributed by atoms with Gasteiger partial charge in [-0.15, -0.1) is 11.8 Å². The number of aryl methyl sites for hydroxylation is 1. The molecule has 0 atom stereocenters. The Labute approximate surface area is 112 Å². The highest BCUT2D eigenvalue weighted by atomic mass is 32.2. The van der Waals surface area contributed by atoms with Crippen molar-refractivity contribution >= 4 is 23.5 Å². The molecule has 100 valence electrons. The molecule has 0 aliphatic rings. The van der Waals surface area contributed by atoms with E-state index in [9.17, 15) is 13.6 Å². The fraction of sp³-hybridized carbons (Fsp3) is 0.167. The summed E-state index contributed by atoms with van der Waals surface area (Å²) in [6.45, 7) is 1.69. The molecule has 1 aromatic heterocycles. The number of aromatic nitrogens is 1. The van der Waals surface area contributed by atoms with Crippen molar-refractivity contribution in [1.82, 2.24) is 5.16 Å². The third-order valence-corrected chi connectivity index (χ3v) is 3.18. The molecule has 0 spiro atoms. The first-order chi connectivity index (χ1) is 9.04. The lowest BCUT2D eigenvalue weighted by Crippen LogP contribution is -2.14. The Morgan fingerprint density at radius 1 is 1.42 bits per heavy atom. The molecule has 1 aromatic carbocycles. The van der Waals surface area contributed by atoms with Gasteiger partial charge in [-0.1, -0.05) is 5.16 Å². The molecule has 0 bridgehead atoms. The van der Waals surface area contributed by atoms with Crippen LogP contribution in [0.2, 0.25) is 0 Å². The highest BCUT2D eigenvalue weighted by molar-refractivity contribution is 8.00.